The number of benzene rings is 1. The van der Waals surface area contributed by atoms with Gasteiger partial charge >= 0.3 is 5.97 Å². The van der Waals surface area contributed by atoms with Gasteiger partial charge in [0.25, 0.3) is 5.91 Å². The molecule has 1 aromatic rings. The summed E-state index contributed by atoms with van der Waals surface area (Å²) in [5.41, 5.74) is 0.469. The predicted octanol–water partition coefficient (Wildman–Crippen LogP) is 1.75. The van der Waals surface area contributed by atoms with Crippen molar-refractivity contribution in [2.75, 3.05) is 25.1 Å². The summed E-state index contributed by atoms with van der Waals surface area (Å²) in [4.78, 5) is 22.7. The molecule has 1 amide bonds. The topological polar surface area (TPSA) is 111 Å². The number of hydrogen-bond acceptors (Lipinski definition) is 5. The molecule has 0 bridgehead atoms. The Hall–Kier alpha value is -2.85. The van der Waals surface area contributed by atoms with E-state index in [4.69, 9.17) is 15.1 Å². The highest BCUT2D eigenvalue weighted by molar-refractivity contribution is 6.06. The van der Waals surface area contributed by atoms with E-state index in [2.05, 4.69) is 10.6 Å². The third-order valence-corrected chi connectivity index (χ3v) is 2.82. The zero-order valence-electron chi connectivity index (χ0n) is 12.8. The Morgan fingerprint density at radius 2 is 2.04 bits per heavy atom. The van der Waals surface area contributed by atoms with Crippen molar-refractivity contribution in [3.8, 4) is 6.07 Å². The van der Waals surface area contributed by atoms with Crippen LogP contribution in [0, 0.1) is 11.3 Å². The average molecular weight is 317 g/mol. The van der Waals surface area contributed by atoms with Gasteiger partial charge in [-0.1, -0.05) is 0 Å². The first-order valence-corrected chi connectivity index (χ1v) is 7.14. The van der Waals surface area contributed by atoms with E-state index >= 15 is 0 Å². The van der Waals surface area contributed by atoms with Gasteiger partial charge in [0.2, 0.25) is 0 Å². The number of nitrogens with one attached hydrogen (secondary N) is 2. The van der Waals surface area contributed by atoms with Gasteiger partial charge in [0.15, 0.2) is 0 Å². The van der Waals surface area contributed by atoms with Gasteiger partial charge in [-0.3, -0.25) is 4.79 Å². The van der Waals surface area contributed by atoms with Gasteiger partial charge in [0.05, 0.1) is 5.56 Å². The molecule has 7 heteroatoms. The molecular formula is C16H19N3O4. The first-order chi connectivity index (χ1) is 11.1. The summed E-state index contributed by atoms with van der Waals surface area (Å²) in [6, 6.07) is 7.49. The van der Waals surface area contributed by atoms with Crippen LogP contribution in [0.3, 0.4) is 0 Å². The molecule has 0 atom stereocenters. The molecule has 122 valence electrons. The fourth-order valence-corrected chi connectivity index (χ4v) is 1.64. The molecule has 0 saturated heterocycles. The Balaban J connectivity index is 2.53. The van der Waals surface area contributed by atoms with E-state index in [0.717, 1.165) is 6.42 Å². The van der Waals surface area contributed by atoms with E-state index in [-0.39, 0.29) is 11.1 Å². The summed E-state index contributed by atoms with van der Waals surface area (Å²) in [5.74, 6) is -1.61. The van der Waals surface area contributed by atoms with E-state index in [1.54, 1.807) is 0 Å². The predicted molar refractivity (Wildman–Crippen MR) is 84.8 cm³/mol. The van der Waals surface area contributed by atoms with E-state index in [1.165, 1.54) is 30.5 Å². The number of carbonyl (C=O) groups is 2. The van der Waals surface area contributed by atoms with Crippen molar-refractivity contribution in [1.29, 1.82) is 5.26 Å². The summed E-state index contributed by atoms with van der Waals surface area (Å²) in [7, 11) is 0. The van der Waals surface area contributed by atoms with Gasteiger partial charge < -0.3 is 20.5 Å². The SMILES string of the molecule is CCOCCCN/C=C(/C#N)C(=O)Nc1ccc(C(=O)O)cc1. The van der Waals surface area contributed by atoms with Gasteiger partial charge in [0, 0.05) is 31.6 Å². The molecule has 0 aliphatic heterocycles. The summed E-state index contributed by atoms with van der Waals surface area (Å²) >= 11 is 0. The molecule has 0 fully saturated rings. The lowest BCUT2D eigenvalue weighted by atomic mass is 10.2. The number of rotatable bonds is 9. The van der Waals surface area contributed by atoms with Crippen LogP contribution in [0.2, 0.25) is 0 Å². The van der Waals surface area contributed by atoms with Crippen LogP contribution in [0.15, 0.2) is 36.0 Å². The summed E-state index contributed by atoms with van der Waals surface area (Å²) in [6.07, 6.45) is 2.12. The zero-order valence-corrected chi connectivity index (χ0v) is 12.8. The van der Waals surface area contributed by atoms with E-state index in [0.29, 0.717) is 25.4 Å². The highest BCUT2D eigenvalue weighted by Gasteiger charge is 2.09. The van der Waals surface area contributed by atoms with Crippen molar-refractivity contribution < 1.29 is 19.4 Å². The van der Waals surface area contributed by atoms with Crippen molar-refractivity contribution in [3.05, 3.63) is 41.6 Å². The first-order valence-electron chi connectivity index (χ1n) is 7.14. The van der Waals surface area contributed by atoms with Crippen LogP contribution >= 0.6 is 0 Å². The number of carboxylic acid groups (broad SMARTS) is 1. The standard InChI is InChI=1S/C16H19N3O4/c1-2-23-9-3-8-18-11-13(10-17)15(20)19-14-6-4-12(5-7-14)16(21)22/h4-7,11,18H,2-3,8-9H2,1H3,(H,19,20)(H,21,22)/b13-11-. The fourth-order valence-electron chi connectivity index (χ4n) is 1.64. The maximum atomic E-state index is 11.9. The fraction of sp³-hybridized carbons (Fsp3) is 0.312. The van der Waals surface area contributed by atoms with Crippen LogP contribution in [0.5, 0.6) is 0 Å². The number of carbonyl (C=O) groups excluding carboxylic acids is 1. The van der Waals surface area contributed by atoms with Crippen molar-refractivity contribution in [1.82, 2.24) is 5.32 Å². The molecule has 0 aromatic heterocycles. The zero-order chi connectivity index (χ0) is 17.1. The average Bonchev–Trinajstić information content (AvgIpc) is 2.54. The van der Waals surface area contributed by atoms with Crippen molar-refractivity contribution in [3.63, 3.8) is 0 Å². The first kappa shape index (κ1) is 18.2. The van der Waals surface area contributed by atoms with Crippen LogP contribution in [0.25, 0.3) is 0 Å². The van der Waals surface area contributed by atoms with Gasteiger partial charge in [-0.25, -0.2) is 4.79 Å². The number of amides is 1. The van der Waals surface area contributed by atoms with Crippen molar-refractivity contribution >= 4 is 17.6 Å². The molecule has 0 heterocycles. The van der Waals surface area contributed by atoms with Gasteiger partial charge in [-0.05, 0) is 37.6 Å². The lowest BCUT2D eigenvalue weighted by Gasteiger charge is -2.06. The highest BCUT2D eigenvalue weighted by Crippen LogP contribution is 2.10. The maximum absolute atomic E-state index is 11.9. The van der Waals surface area contributed by atoms with Gasteiger partial charge in [-0.15, -0.1) is 0 Å². The Labute approximate surface area is 134 Å². The lowest BCUT2D eigenvalue weighted by Crippen LogP contribution is -2.17. The molecule has 0 aliphatic carbocycles. The number of hydrogen-bond donors (Lipinski definition) is 3. The molecule has 1 aromatic carbocycles. The van der Waals surface area contributed by atoms with Crippen LogP contribution in [-0.4, -0.2) is 36.7 Å². The van der Waals surface area contributed by atoms with E-state index in [1.807, 2.05) is 13.0 Å². The monoisotopic (exact) mass is 317 g/mol. The molecular weight excluding hydrogens is 298 g/mol. The van der Waals surface area contributed by atoms with Crippen molar-refractivity contribution in [2.45, 2.75) is 13.3 Å². The Bertz CT molecular complexity index is 603. The minimum atomic E-state index is -1.04. The Kier molecular flexibility index (Phi) is 7.89. The summed E-state index contributed by atoms with van der Waals surface area (Å²) in [6.45, 7) is 3.77. The molecule has 23 heavy (non-hydrogen) atoms. The van der Waals surface area contributed by atoms with Crippen LogP contribution in [0.4, 0.5) is 5.69 Å². The van der Waals surface area contributed by atoms with Crippen LogP contribution in [0.1, 0.15) is 23.7 Å². The van der Waals surface area contributed by atoms with E-state index in [9.17, 15) is 9.59 Å². The highest BCUT2D eigenvalue weighted by atomic mass is 16.5. The molecule has 7 nitrogen and oxygen atoms in total. The van der Waals surface area contributed by atoms with Gasteiger partial charge in [-0.2, -0.15) is 5.26 Å². The molecule has 0 unspecified atom stereocenters. The summed E-state index contributed by atoms with van der Waals surface area (Å²) in [5, 5.41) is 23.2. The Morgan fingerprint density at radius 3 is 2.61 bits per heavy atom. The molecule has 0 spiro atoms. The molecule has 3 N–H and O–H groups in total. The van der Waals surface area contributed by atoms with Crippen molar-refractivity contribution in [2.24, 2.45) is 0 Å². The van der Waals surface area contributed by atoms with Crippen LogP contribution < -0.4 is 10.6 Å². The van der Waals surface area contributed by atoms with Gasteiger partial charge in [0.1, 0.15) is 11.6 Å². The molecule has 0 radical (unpaired) electrons. The molecule has 0 aliphatic rings. The minimum Gasteiger partial charge on any atom is -0.478 e. The number of anilines is 1. The quantitative estimate of drug-likeness (QED) is 0.363. The second-order valence-corrected chi connectivity index (χ2v) is 4.51. The Morgan fingerprint density at radius 1 is 1.35 bits per heavy atom. The third-order valence-electron chi connectivity index (χ3n) is 2.82. The second kappa shape index (κ2) is 9.97. The normalized spacial score (nSPS) is 10.7. The number of nitriles is 1. The molecule has 1 rings (SSSR count). The number of ether oxygens (including phenoxy) is 1. The van der Waals surface area contributed by atoms with Crippen LogP contribution in [-0.2, 0) is 9.53 Å². The smallest absolute Gasteiger partial charge is 0.335 e. The lowest BCUT2D eigenvalue weighted by molar-refractivity contribution is -0.112. The molecule has 0 saturated carbocycles. The largest absolute Gasteiger partial charge is 0.478 e. The number of aromatic carboxylic acids is 1. The number of nitrogens with zero attached hydrogens (tertiary/aromatic N) is 1. The number of carboxylic acids is 1. The maximum Gasteiger partial charge on any atom is 0.335 e. The summed E-state index contributed by atoms with van der Waals surface area (Å²) < 4.78 is 5.17. The minimum absolute atomic E-state index is 0.0660. The second-order valence-electron chi connectivity index (χ2n) is 4.51. The van der Waals surface area contributed by atoms with E-state index < -0.39 is 11.9 Å². The third kappa shape index (κ3) is 6.63.